The standard InChI is InChI=1S/C35H35NO4/c1-22(2)21-40-27-19-15-25(16-20-27)32(37)30-31(24-13-17-26(18-14-24)35(3,4)5)36(34(39)33(30)38)29-12-8-10-23-9-6-7-11-28(23)29/h6-20,22,31,37H,21H2,1-5H3/b32-30+. The van der Waals surface area contributed by atoms with Gasteiger partial charge in [0.2, 0.25) is 0 Å². The maximum Gasteiger partial charge on any atom is 0.300 e. The van der Waals surface area contributed by atoms with Crippen molar-refractivity contribution in [3.63, 3.8) is 0 Å². The molecule has 40 heavy (non-hydrogen) atoms. The fourth-order valence-corrected chi connectivity index (χ4v) is 5.11. The molecule has 0 spiro atoms. The van der Waals surface area contributed by atoms with Crippen LogP contribution < -0.4 is 9.64 Å². The first-order chi connectivity index (χ1) is 19.1. The zero-order valence-corrected chi connectivity index (χ0v) is 23.6. The van der Waals surface area contributed by atoms with E-state index in [1.807, 2.05) is 66.7 Å². The number of carbonyl (C=O) groups excluding carboxylic acids is 2. The molecular formula is C35H35NO4. The summed E-state index contributed by atoms with van der Waals surface area (Å²) in [6.07, 6.45) is 0. The molecule has 1 atom stereocenters. The Morgan fingerprint density at radius 3 is 2.17 bits per heavy atom. The van der Waals surface area contributed by atoms with Gasteiger partial charge in [-0.1, -0.05) is 95.3 Å². The lowest BCUT2D eigenvalue weighted by molar-refractivity contribution is -0.132. The number of aliphatic hydroxyl groups excluding tert-OH is 1. The molecule has 1 unspecified atom stereocenters. The van der Waals surface area contributed by atoms with Gasteiger partial charge in [0.15, 0.2) is 0 Å². The van der Waals surface area contributed by atoms with Crippen molar-refractivity contribution in [3.05, 3.63) is 113 Å². The van der Waals surface area contributed by atoms with Crippen LogP contribution >= 0.6 is 0 Å². The molecule has 0 bridgehead atoms. The smallest absolute Gasteiger partial charge is 0.300 e. The summed E-state index contributed by atoms with van der Waals surface area (Å²) in [5, 5.41) is 13.4. The van der Waals surface area contributed by atoms with Crippen LogP contribution in [0.25, 0.3) is 16.5 Å². The topological polar surface area (TPSA) is 66.8 Å². The van der Waals surface area contributed by atoms with Gasteiger partial charge in [-0.05, 0) is 58.2 Å². The van der Waals surface area contributed by atoms with E-state index in [9.17, 15) is 14.7 Å². The third-order valence-electron chi connectivity index (χ3n) is 7.27. The van der Waals surface area contributed by atoms with Crippen molar-refractivity contribution in [1.29, 1.82) is 0 Å². The number of ether oxygens (including phenoxy) is 1. The van der Waals surface area contributed by atoms with E-state index in [-0.39, 0.29) is 16.7 Å². The second kappa shape index (κ2) is 10.6. The Labute approximate surface area is 235 Å². The van der Waals surface area contributed by atoms with E-state index in [2.05, 4.69) is 34.6 Å². The Kier molecular flexibility index (Phi) is 7.24. The summed E-state index contributed by atoms with van der Waals surface area (Å²) in [6, 6.07) is 27.6. The number of rotatable bonds is 6. The van der Waals surface area contributed by atoms with Gasteiger partial charge in [0, 0.05) is 10.9 Å². The second-order valence-corrected chi connectivity index (χ2v) is 11.8. The number of nitrogens with zero attached hydrogens (tertiary/aromatic N) is 1. The van der Waals surface area contributed by atoms with Crippen molar-refractivity contribution < 1.29 is 19.4 Å². The van der Waals surface area contributed by atoms with Crippen LogP contribution in [0.2, 0.25) is 0 Å². The molecule has 1 N–H and O–H groups in total. The Hall–Kier alpha value is -4.38. The molecule has 0 radical (unpaired) electrons. The molecule has 5 nitrogen and oxygen atoms in total. The maximum atomic E-state index is 13.7. The normalized spacial score (nSPS) is 17.1. The van der Waals surface area contributed by atoms with Gasteiger partial charge >= 0.3 is 0 Å². The van der Waals surface area contributed by atoms with Crippen molar-refractivity contribution in [2.75, 3.05) is 11.5 Å². The van der Waals surface area contributed by atoms with E-state index in [1.165, 1.54) is 4.90 Å². The van der Waals surface area contributed by atoms with Crippen LogP contribution in [-0.4, -0.2) is 23.4 Å². The predicted octanol–water partition coefficient (Wildman–Crippen LogP) is 7.80. The number of carbonyl (C=O) groups is 2. The van der Waals surface area contributed by atoms with E-state index in [4.69, 9.17) is 4.74 Å². The molecule has 4 aromatic rings. The van der Waals surface area contributed by atoms with Gasteiger partial charge in [-0.15, -0.1) is 0 Å². The molecule has 5 rings (SSSR count). The van der Waals surface area contributed by atoms with Crippen molar-refractivity contribution >= 4 is 33.9 Å². The number of anilines is 1. The molecule has 204 valence electrons. The Morgan fingerprint density at radius 2 is 1.52 bits per heavy atom. The number of Topliss-reactive ketones (excluding diaryl/α,β-unsaturated/α-hetero) is 1. The first kappa shape index (κ1) is 27.2. The summed E-state index contributed by atoms with van der Waals surface area (Å²) in [4.78, 5) is 28.9. The number of fused-ring (bicyclic) bond motifs is 1. The highest BCUT2D eigenvalue weighted by atomic mass is 16.5. The van der Waals surface area contributed by atoms with E-state index in [1.54, 1.807) is 24.3 Å². The van der Waals surface area contributed by atoms with Crippen molar-refractivity contribution in [2.24, 2.45) is 5.92 Å². The van der Waals surface area contributed by atoms with E-state index in [0.717, 1.165) is 21.9 Å². The number of aliphatic hydroxyl groups is 1. The fraction of sp³-hybridized carbons (Fsp3) is 0.257. The first-order valence-corrected chi connectivity index (χ1v) is 13.7. The highest BCUT2D eigenvalue weighted by Crippen LogP contribution is 2.44. The van der Waals surface area contributed by atoms with E-state index in [0.29, 0.717) is 29.5 Å². The summed E-state index contributed by atoms with van der Waals surface area (Å²) in [6.45, 7) is 11.1. The lowest BCUT2D eigenvalue weighted by Crippen LogP contribution is -2.29. The quantitative estimate of drug-likeness (QED) is 0.156. The van der Waals surface area contributed by atoms with Gasteiger partial charge < -0.3 is 9.84 Å². The minimum atomic E-state index is -0.795. The van der Waals surface area contributed by atoms with Gasteiger partial charge in [0.25, 0.3) is 11.7 Å². The monoisotopic (exact) mass is 533 g/mol. The zero-order chi connectivity index (χ0) is 28.6. The van der Waals surface area contributed by atoms with Gasteiger partial charge in [-0.3, -0.25) is 14.5 Å². The number of hydrogen-bond acceptors (Lipinski definition) is 4. The largest absolute Gasteiger partial charge is 0.507 e. The molecule has 1 aliphatic rings. The lowest BCUT2D eigenvalue weighted by atomic mass is 9.85. The SMILES string of the molecule is CC(C)COc1ccc(/C(O)=C2\C(=O)C(=O)N(c3cccc4ccccc34)C2c2ccc(C(C)(C)C)cc2)cc1. The Morgan fingerprint density at radius 1 is 0.875 bits per heavy atom. The van der Waals surface area contributed by atoms with Crippen molar-refractivity contribution in [1.82, 2.24) is 0 Å². The molecule has 1 saturated heterocycles. The first-order valence-electron chi connectivity index (χ1n) is 13.7. The van der Waals surface area contributed by atoms with Gasteiger partial charge in [0.05, 0.1) is 23.9 Å². The molecular weight excluding hydrogens is 498 g/mol. The summed E-state index contributed by atoms with van der Waals surface area (Å²) in [5.74, 6) is -0.532. The third-order valence-corrected chi connectivity index (χ3v) is 7.27. The molecule has 1 heterocycles. The van der Waals surface area contributed by atoms with Crippen LogP contribution in [0.1, 0.15) is 57.4 Å². The molecule has 1 fully saturated rings. The van der Waals surface area contributed by atoms with E-state index < -0.39 is 17.7 Å². The molecule has 0 aromatic heterocycles. The summed E-state index contributed by atoms with van der Waals surface area (Å²) in [5.41, 5.74) is 2.96. The number of amides is 1. The van der Waals surface area contributed by atoms with E-state index >= 15 is 0 Å². The Balaban J connectivity index is 1.67. The number of benzene rings is 4. The molecule has 0 aliphatic carbocycles. The Bertz CT molecular complexity index is 1590. The summed E-state index contributed by atoms with van der Waals surface area (Å²) in [7, 11) is 0. The highest BCUT2D eigenvalue weighted by molar-refractivity contribution is 6.52. The minimum Gasteiger partial charge on any atom is -0.507 e. The minimum absolute atomic E-state index is 0.0602. The molecule has 1 aliphatic heterocycles. The van der Waals surface area contributed by atoms with Crippen LogP contribution in [0.3, 0.4) is 0 Å². The molecule has 5 heteroatoms. The highest BCUT2D eigenvalue weighted by Gasteiger charge is 2.47. The molecule has 0 saturated carbocycles. The lowest BCUT2D eigenvalue weighted by Gasteiger charge is -2.27. The average Bonchev–Trinajstić information content (AvgIpc) is 3.21. The second-order valence-electron chi connectivity index (χ2n) is 11.8. The van der Waals surface area contributed by atoms with Crippen molar-refractivity contribution in [2.45, 2.75) is 46.1 Å². The van der Waals surface area contributed by atoms with Crippen molar-refractivity contribution in [3.8, 4) is 5.75 Å². The summed E-state index contributed by atoms with van der Waals surface area (Å²) < 4.78 is 5.78. The summed E-state index contributed by atoms with van der Waals surface area (Å²) >= 11 is 0. The van der Waals surface area contributed by atoms with Crippen LogP contribution in [0.5, 0.6) is 5.75 Å². The number of ketones is 1. The molecule has 4 aromatic carbocycles. The maximum absolute atomic E-state index is 13.7. The average molecular weight is 534 g/mol. The van der Waals surface area contributed by atoms with Crippen LogP contribution in [0, 0.1) is 5.92 Å². The third kappa shape index (κ3) is 5.12. The van der Waals surface area contributed by atoms with Gasteiger partial charge in [0.1, 0.15) is 11.5 Å². The van der Waals surface area contributed by atoms with Gasteiger partial charge in [-0.2, -0.15) is 0 Å². The predicted molar refractivity (Wildman–Crippen MR) is 161 cm³/mol. The van der Waals surface area contributed by atoms with Gasteiger partial charge in [-0.25, -0.2) is 0 Å². The molecule has 1 amide bonds. The van der Waals surface area contributed by atoms with Crippen LogP contribution in [0.15, 0.2) is 96.6 Å². The fourth-order valence-electron chi connectivity index (χ4n) is 5.11. The van der Waals surface area contributed by atoms with Crippen LogP contribution in [0.4, 0.5) is 5.69 Å². The zero-order valence-electron chi connectivity index (χ0n) is 23.6. The number of hydrogen-bond donors (Lipinski definition) is 1. The van der Waals surface area contributed by atoms with Crippen LogP contribution in [-0.2, 0) is 15.0 Å².